The number of hydrogen-bond donors (Lipinski definition) is 0. The van der Waals surface area contributed by atoms with Gasteiger partial charge in [-0.05, 0) is 34.3 Å². The fourth-order valence-electron chi connectivity index (χ4n) is 2.75. The lowest BCUT2D eigenvalue weighted by atomic mass is 10.1. The number of hydrogen-bond acceptors (Lipinski definition) is 5. The third-order valence-corrected chi connectivity index (χ3v) is 4.17. The topological polar surface area (TPSA) is 141 Å². The predicted molar refractivity (Wildman–Crippen MR) is 116 cm³/mol. The number of rotatable bonds is 4. The normalized spacial score (nSPS) is 11.5. The first kappa shape index (κ1) is 20.9. The highest BCUT2D eigenvalue weighted by Gasteiger charge is 2.28. The first-order chi connectivity index (χ1) is 15.1. The number of nitrogens with zero attached hydrogens (tertiary/aromatic N) is 6. The maximum Gasteiger partial charge on any atom is 0.346 e. The molecule has 1 heterocycles. The van der Waals surface area contributed by atoms with Crippen molar-refractivity contribution < 1.29 is 14.3 Å². The van der Waals surface area contributed by atoms with Crippen molar-refractivity contribution in [3.05, 3.63) is 116 Å². The summed E-state index contributed by atoms with van der Waals surface area (Å²) in [5, 5.41) is 7.25. The summed E-state index contributed by atoms with van der Waals surface area (Å²) < 4.78 is 4.35. The van der Waals surface area contributed by atoms with E-state index < -0.39 is 11.9 Å². The molecule has 0 spiro atoms. The summed E-state index contributed by atoms with van der Waals surface area (Å²) in [5.74, 6) is -1.10. The highest BCUT2D eigenvalue weighted by Crippen LogP contribution is 2.25. The van der Waals surface area contributed by atoms with Crippen LogP contribution in [0.4, 0.5) is 11.4 Å². The van der Waals surface area contributed by atoms with E-state index in [1.165, 1.54) is 0 Å². The lowest BCUT2D eigenvalue weighted by Gasteiger charge is -2.00. The first-order valence-electron chi connectivity index (χ1n) is 8.96. The molecule has 0 saturated carbocycles. The van der Waals surface area contributed by atoms with Gasteiger partial charge in [0, 0.05) is 21.2 Å². The molecule has 0 unspecified atom stereocenters. The molecule has 0 bridgehead atoms. The van der Waals surface area contributed by atoms with Crippen molar-refractivity contribution in [3.8, 4) is 0 Å². The van der Waals surface area contributed by atoms with Crippen LogP contribution in [0.25, 0.3) is 33.0 Å². The van der Waals surface area contributed by atoms with E-state index in [-0.39, 0.29) is 0 Å². The molecule has 0 atom stereocenters. The molecule has 1 aliphatic heterocycles. The maximum atomic E-state index is 10.8. The Morgan fingerprint density at radius 1 is 0.645 bits per heavy atom. The summed E-state index contributed by atoms with van der Waals surface area (Å²) in [7, 11) is 0. The van der Waals surface area contributed by atoms with E-state index in [1.807, 2.05) is 36.4 Å². The van der Waals surface area contributed by atoms with Crippen LogP contribution in [0.15, 0.2) is 83.0 Å². The van der Waals surface area contributed by atoms with Crippen molar-refractivity contribution >= 4 is 35.5 Å². The number of carbonyl (C=O) groups excluding carboxylic acids is 2. The number of benzene rings is 3. The van der Waals surface area contributed by atoms with Crippen LogP contribution in [0.3, 0.4) is 0 Å². The number of carbonyl (C=O) groups is 2. The van der Waals surface area contributed by atoms with Gasteiger partial charge in [0.25, 0.3) is 0 Å². The Morgan fingerprint density at radius 3 is 1.45 bits per heavy atom. The van der Waals surface area contributed by atoms with Gasteiger partial charge in [-0.3, -0.25) is 0 Å². The minimum atomic E-state index is -0.550. The summed E-state index contributed by atoms with van der Waals surface area (Å²) >= 11 is 0. The van der Waals surface area contributed by atoms with Gasteiger partial charge in [-0.25, -0.2) is 9.59 Å². The second kappa shape index (κ2) is 10.1. The number of fused-ring (bicyclic) bond motifs is 1. The smallest absolute Gasteiger partial charge is 0.346 e. The summed E-state index contributed by atoms with van der Waals surface area (Å²) in [6, 6.07) is 21.0. The average Bonchev–Trinajstić information content (AvgIpc) is 3.09. The van der Waals surface area contributed by atoms with Gasteiger partial charge >= 0.3 is 11.9 Å². The second-order valence-electron chi connectivity index (χ2n) is 6.05. The molecule has 150 valence electrons. The third-order valence-electron chi connectivity index (χ3n) is 4.17. The quantitative estimate of drug-likeness (QED) is 0.117. The van der Waals surface area contributed by atoms with E-state index in [2.05, 4.69) is 24.8 Å². The van der Waals surface area contributed by atoms with Crippen LogP contribution >= 0.6 is 0 Å². The van der Waals surface area contributed by atoms with Crippen LogP contribution in [-0.4, -0.2) is 11.9 Å². The Labute approximate surface area is 176 Å². The summed E-state index contributed by atoms with van der Waals surface area (Å²) in [5.41, 5.74) is 20.4. The molecule has 9 nitrogen and oxygen atoms in total. The van der Waals surface area contributed by atoms with Gasteiger partial charge in [0.2, 0.25) is 0 Å². The van der Waals surface area contributed by atoms with Crippen molar-refractivity contribution in [2.45, 2.75) is 0 Å². The van der Waals surface area contributed by atoms with Crippen LogP contribution in [0.5, 0.6) is 0 Å². The minimum Gasteiger partial charge on any atom is -0.386 e. The summed E-state index contributed by atoms with van der Waals surface area (Å²) in [4.78, 5) is 27.3. The fourth-order valence-corrected chi connectivity index (χ4v) is 2.75. The Morgan fingerprint density at radius 2 is 1.03 bits per heavy atom. The zero-order valence-electron chi connectivity index (χ0n) is 16.0. The standard InChI is InChI=1S/C14H10N6.C8H4O3/c15-19-17-13-7-3-1-5-11(13)9-10-12-6-2-4-8-14(12)18-20-16;9-7-5-3-1-2-4-6(5)8(10)11-7/h1-10H;1-4H. The molecule has 0 saturated heterocycles. The maximum absolute atomic E-state index is 10.8. The van der Waals surface area contributed by atoms with Crippen molar-refractivity contribution in [2.75, 3.05) is 0 Å². The fraction of sp³-hybridized carbons (Fsp3) is 0. The molecule has 0 fully saturated rings. The van der Waals surface area contributed by atoms with Gasteiger partial charge in [-0.1, -0.05) is 83.0 Å². The monoisotopic (exact) mass is 410 g/mol. The molecule has 1 aliphatic rings. The van der Waals surface area contributed by atoms with Gasteiger partial charge in [0.1, 0.15) is 0 Å². The average molecular weight is 410 g/mol. The van der Waals surface area contributed by atoms with Gasteiger partial charge in [0.05, 0.1) is 11.1 Å². The Balaban J connectivity index is 0.000000207. The highest BCUT2D eigenvalue weighted by atomic mass is 16.6. The molecular weight excluding hydrogens is 396 g/mol. The summed E-state index contributed by atoms with van der Waals surface area (Å²) in [6.45, 7) is 0. The molecule has 3 aromatic carbocycles. The van der Waals surface area contributed by atoms with E-state index in [0.29, 0.717) is 22.5 Å². The van der Waals surface area contributed by atoms with E-state index in [1.54, 1.807) is 48.5 Å². The van der Waals surface area contributed by atoms with Gasteiger partial charge in [0.15, 0.2) is 0 Å². The summed E-state index contributed by atoms with van der Waals surface area (Å²) in [6.07, 6.45) is 3.63. The number of esters is 2. The molecule has 4 rings (SSSR count). The lowest BCUT2D eigenvalue weighted by Crippen LogP contribution is -1.96. The second-order valence-corrected chi connectivity index (χ2v) is 6.05. The SMILES string of the molecule is O=C1OC(=O)c2ccccc21.[N-]=[N+]=Nc1ccccc1C=Cc1ccccc1N=[N+]=[N-]. The van der Waals surface area contributed by atoms with Crippen molar-refractivity contribution in [3.63, 3.8) is 0 Å². The first-order valence-corrected chi connectivity index (χ1v) is 8.96. The van der Waals surface area contributed by atoms with E-state index >= 15 is 0 Å². The molecule has 9 heteroatoms. The van der Waals surface area contributed by atoms with Crippen molar-refractivity contribution in [1.29, 1.82) is 0 Å². The van der Waals surface area contributed by atoms with Crippen LogP contribution in [0.2, 0.25) is 0 Å². The molecule has 31 heavy (non-hydrogen) atoms. The molecule has 3 aromatic rings. The largest absolute Gasteiger partial charge is 0.386 e. The molecule has 0 radical (unpaired) electrons. The van der Waals surface area contributed by atoms with Gasteiger partial charge < -0.3 is 4.74 Å². The van der Waals surface area contributed by atoms with Gasteiger partial charge in [-0.15, -0.1) is 0 Å². The van der Waals surface area contributed by atoms with Crippen molar-refractivity contribution in [2.24, 2.45) is 10.2 Å². The Hall–Kier alpha value is -4.84. The zero-order chi connectivity index (χ0) is 22.1. The van der Waals surface area contributed by atoms with Crippen LogP contribution in [-0.2, 0) is 4.74 Å². The molecule has 0 aromatic heterocycles. The molecular formula is C22H14N6O3. The van der Waals surface area contributed by atoms with Gasteiger partial charge in [-0.2, -0.15) is 0 Å². The van der Waals surface area contributed by atoms with E-state index in [4.69, 9.17) is 11.1 Å². The third kappa shape index (κ3) is 5.16. The Bertz CT molecular complexity index is 1170. The number of cyclic esters (lactones) is 2. The van der Waals surface area contributed by atoms with E-state index in [9.17, 15) is 9.59 Å². The number of ether oxygens (including phenoxy) is 1. The highest BCUT2D eigenvalue weighted by molar-refractivity contribution is 6.14. The molecule has 0 N–H and O–H groups in total. The predicted octanol–water partition coefficient (Wildman–Crippen LogP) is 6.74. The molecule has 0 amide bonds. The van der Waals surface area contributed by atoms with Crippen molar-refractivity contribution in [1.82, 2.24) is 0 Å². The molecule has 0 aliphatic carbocycles. The lowest BCUT2D eigenvalue weighted by molar-refractivity contribution is 0.0444. The Kier molecular flexibility index (Phi) is 6.79. The zero-order valence-corrected chi connectivity index (χ0v) is 16.0. The van der Waals surface area contributed by atoms with Crippen LogP contribution in [0.1, 0.15) is 31.8 Å². The number of azide groups is 2. The van der Waals surface area contributed by atoms with Crippen LogP contribution in [0, 0.1) is 0 Å². The van der Waals surface area contributed by atoms with Crippen LogP contribution < -0.4 is 0 Å². The van der Waals surface area contributed by atoms with E-state index in [0.717, 1.165) is 11.1 Å². The minimum absolute atomic E-state index is 0.359.